The van der Waals surface area contributed by atoms with Crippen LogP contribution in [0, 0.1) is 0 Å². The SMILES string of the molecule is COc1ccc(CN2C(=O)CCN(c3cc4cc(CN5CCN(C(=O)OC(C)(C)C)[C@@H](C)C5)ccc4n(C)c3=O)C2=O)cc1. The molecule has 0 bridgehead atoms. The molecule has 0 radical (unpaired) electrons. The second kappa shape index (κ2) is 12.3. The lowest BCUT2D eigenvalue weighted by atomic mass is 10.1. The summed E-state index contributed by atoms with van der Waals surface area (Å²) < 4.78 is 12.3. The first-order chi connectivity index (χ1) is 20.8. The Balaban J connectivity index is 1.34. The van der Waals surface area contributed by atoms with Crippen molar-refractivity contribution < 1.29 is 23.9 Å². The van der Waals surface area contributed by atoms with Crippen molar-refractivity contribution in [1.29, 1.82) is 0 Å². The number of fused-ring (bicyclic) bond motifs is 1. The summed E-state index contributed by atoms with van der Waals surface area (Å²) in [5, 5.41) is 0.825. The van der Waals surface area contributed by atoms with Crippen LogP contribution in [0.3, 0.4) is 0 Å². The minimum atomic E-state index is -0.541. The van der Waals surface area contributed by atoms with Gasteiger partial charge in [-0.3, -0.25) is 24.3 Å². The van der Waals surface area contributed by atoms with Gasteiger partial charge in [-0.15, -0.1) is 0 Å². The van der Waals surface area contributed by atoms with E-state index in [0.29, 0.717) is 31.9 Å². The number of rotatable bonds is 6. The molecule has 0 spiro atoms. The molecule has 1 atom stereocenters. The number of carbonyl (C=O) groups excluding carboxylic acids is 3. The van der Waals surface area contributed by atoms with Crippen molar-refractivity contribution in [1.82, 2.24) is 19.3 Å². The number of hydrogen-bond donors (Lipinski definition) is 0. The van der Waals surface area contributed by atoms with Gasteiger partial charge in [0.15, 0.2) is 0 Å². The van der Waals surface area contributed by atoms with Crippen LogP contribution >= 0.6 is 0 Å². The number of aryl methyl sites for hydroxylation is 1. The Bertz CT molecular complexity index is 1630. The van der Waals surface area contributed by atoms with E-state index in [-0.39, 0.29) is 48.8 Å². The largest absolute Gasteiger partial charge is 0.497 e. The molecule has 3 aromatic rings. The van der Waals surface area contributed by atoms with Crippen molar-refractivity contribution in [3.63, 3.8) is 0 Å². The first-order valence-corrected chi connectivity index (χ1v) is 14.9. The fourth-order valence-corrected chi connectivity index (χ4v) is 5.82. The normalized spacial score (nSPS) is 18.2. The maximum Gasteiger partial charge on any atom is 0.410 e. The summed E-state index contributed by atoms with van der Waals surface area (Å²) in [6, 6.07) is 14.4. The molecule has 4 amide bonds. The van der Waals surface area contributed by atoms with Gasteiger partial charge in [-0.05, 0) is 69.2 Å². The number of amides is 4. The van der Waals surface area contributed by atoms with E-state index in [1.807, 2.05) is 58.0 Å². The maximum absolute atomic E-state index is 13.6. The molecule has 0 N–H and O–H groups in total. The molecule has 2 aliphatic heterocycles. The third-order valence-electron chi connectivity index (χ3n) is 8.12. The topological polar surface area (TPSA) is 105 Å². The number of carbonyl (C=O) groups is 3. The van der Waals surface area contributed by atoms with E-state index in [2.05, 4.69) is 4.90 Å². The van der Waals surface area contributed by atoms with Crippen LogP contribution in [0.4, 0.5) is 15.3 Å². The Hall–Kier alpha value is -4.38. The monoisotopic (exact) mass is 603 g/mol. The summed E-state index contributed by atoms with van der Waals surface area (Å²) in [7, 11) is 3.27. The van der Waals surface area contributed by atoms with Gasteiger partial charge < -0.3 is 18.9 Å². The van der Waals surface area contributed by atoms with Crippen molar-refractivity contribution >= 4 is 34.6 Å². The summed E-state index contributed by atoms with van der Waals surface area (Å²) in [5.74, 6) is 0.409. The van der Waals surface area contributed by atoms with E-state index >= 15 is 0 Å². The second-order valence-electron chi connectivity index (χ2n) is 12.6. The van der Waals surface area contributed by atoms with E-state index < -0.39 is 11.6 Å². The van der Waals surface area contributed by atoms with Crippen LogP contribution in [0.25, 0.3) is 10.9 Å². The standard InChI is InChI=1S/C33H41N5O6/c1-22-19-35(15-16-36(22)32(42)44-33(2,3)4)20-24-9-12-27-25(17-24)18-28(30(40)34(27)5)37-14-13-29(39)38(31(37)41)21-23-7-10-26(43-6)11-8-23/h7-12,17-18,22H,13-16,19-21H2,1-6H3/t22-/m0/s1. The van der Waals surface area contributed by atoms with E-state index in [9.17, 15) is 19.2 Å². The molecular weight excluding hydrogens is 562 g/mol. The summed E-state index contributed by atoms with van der Waals surface area (Å²) >= 11 is 0. The van der Waals surface area contributed by atoms with Crippen LogP contribution in [0.15, 0.2) is 53.3 Å². The molecule has 2 fully saturated rings. The van der Waals surface area contributed by atoms with Gasteiger partial charge in [0.1, 0.15) is 17.0 Å². The third-order valence-corrected chi connectivity index (χ3v) is 8.12. The number of imide groups is 1. The number of benzene rings is 2. The lowest BCUT2D eigenvalue weighted by Crippen LogP contribution is -2.54. The van der Waals surface area contributed by atoms with Crippen LogP contribution < -0.4 is 15.2 Å². The summed E-state index contributed by atoms with van der Waals surface area (Å²) in [5.41, 5.74) is 1.99. The highest BCUT2D eigenvalue weighted by Gasteiger charge is 2.35. The Morgan fingerprint density at radius 2 is 1.64 bits per heavy atom. The smallest absolute Gasteiger partial charge is 0.410 e. The van der Waals surface area contributed by atoms with Crippen LogP contribution in [-0.4, -0.2) is 82.2 Å². The first-order valence-electron chi connectivity index (χ1n) is 14.9. The van der Waals surface area contributed by atoms with Crippen LogP contribution in [-0.2, 0) is 29.7 Å². The average Bonchev–Trinajstić information content (AvgIpc) is 2.97. The van der Waals surface area contributed by atoms with Gasteiger partial charge in [0.05, 0.1) is 19.2 Å². The number of pyridine rings is 1. The van der Waals surface area contributed by atoms with Gasteiger partial charge in [0, 0.05) is 57.6 Å². The molecular formula is C33H41N5O6. The molecule has 0 aliphatic carbocycles. The molecule has 11 nitrogen and oxygen atoms in total. The molecule has 11 heteroatoms. The van der Waals surface area contributed by atoms with E-state index in [0.717, 1.165) is 22.0 Å². The molecule has 1 aromatic heterocycles. The zero-order chi connectivity index (χ0) is 31.8. The molecule has 2 aliphatic rings. The third kappa shape index (κ3) is 6.57. The first kappa shape index (κ1) is 31.1. The van der Waals surface area contributed by atoms with Crippen molar-refractivity contribution in [2.45, 2.75) is 58.8 Å². The molecule has 0 unspecified atom stereocenters. The van der Waals surface area contributed by atoms with Gasteiger partial charge in [0.25, 0.3) is 5.56 Å². The molecule has 2 saturated heterocycles. The van der Waals surface area contributed by atoms with Gasteiger partial charge in [-0.2, -0.15) is 0 Å². The van der Waals surface area contributed by atoms with E-state index in [1.165, 1.54) is 9.80 Å². The van der Waals surface area contributed by atoms with Crippen LogP contribution in [0.2, 0.25) is 0 Å². The minimum absolute atomic E-state index is 0.000153. The van der Waals surface area contributed by atoms with E-state index in [1.54, 1.807) is 41.8 Å². The Kier molecular flexibility index (Phi) is 8.69. The lowest BCUT2D eigenvalue weighted by Gasteiger charge is -2.40. The molecule has 3 heterocycles. The zero-order valence-corrected chi connectivity index (χ0v) is 26.3. The summed E-state index contributed by atoms with van der Waals surface area (Å²) in [6.07, 6.45) is -0.170. The van der Waals surface area contributed by atoms with E-state index in [4.69, 9.17) is 9.47 Å². The number of urea groups is 1. The number of nitrogens with zero attached hydrogens (tertiary/aromatic N) is 5. The highest BCUT2D eigenvalue weighted by molar-refractivity contribution is 6.06. The van der Waals surface area contributed by atoms with Crippen molar-refractivity contribution in [2.24, 2.45) is 7.05 Å². The lowest BCUT2D eigenvalue weighted by molar-refractivity contribution is -0.129. The summed E-state index contributed by atoms with van der Waals surface area (Å²) in [4.78, 5) is 59.2. The molecule has 5 rings (SSSR count). The highest BCUT2D eigenvalue weighted by atomic mass is 16.6. The zero-order valence-electron chi connectivity index (χ0n) is 26.3. The minimum Gasteiger partial charge on any atom is -0.497 e. The van der Waals surface area contributed by atoms with Gasteiger partial charge in [-0.25, -0.2) is 9.59 Å². The number of hydrogen-bond acceptors (Lipinski definition) is 7. The average molecular weight is 604 g/mol. The van der Waals surface area contributed by atoms with Gasteiger partial charge >= 0.3 is 12.1 Å². The maximum atomic E-state index is 13.6. The fourth-order valence-electron chi connectivity index (χ4n) is 5.82. The molecule has 44 heavy (non-hydrogen) atoms. The van der Waals surface area contributed by atoms with Crippen LogP contribution in [0.5, 0.6) is 5.75 Å². The number of aromatic nitrogens is 1. The quantitative estimate of drug-likeness (QED) is 0.413. The molecule has 2 aromatic carbocycles. The Morgan fingerprint density at radius 3 is 2.30 bits per heavy atom. The number of piperazine rings is 1. The fraction of sp³-hybridized carbons (Fsp3) is 0.455. The Labute approximate surface area is 257 Å². The number of ether oxygens (including phenoxy) is 2. The number of methoxy groups -OCH3 is 1. The molecule has 234 valence electrons. The van der Waals surface area contributed by atoms with Crippen molar-refractivity contribution in [2.75, 3.05) is 38.2 Å². The predicted octanol–water partition coefficient (Wildman–Crippen LogP) is 4.35. The van der Waals surface area contributed by atoms with Crippen molar-refractivity contribution in [3.8, 4) is 5.75 Å². The van der Waals surface area contributed by atoms with Crippen molar-refractivity contribution in [3.05, 3.63) is 70.0 Å². The number of anilines is 1. The predicted molar refractivity (Wildman–Crippen MR) is 168 cm³/mol. The van der Waals surface area contributed by atoms with Gasteiger partial charge in [-0.1, -0.05) is 18.2 Å². The van der Waals surface area contributed by atoms with Crippen LogP contribution in [0.1, 0.15) is 45.2 Å². The second-order valence-corrected chi connectivity index (χ2v) is 12.6. The Morgan fingerprint density at radius 1 is 0.932 bits per heavy atom. The molecule has 0 saturated carbocycles. The highest BCUT2D eigenvalue weighted by Crippen LogP contribution is 2.25. The van der Waals surface area contributed by atoms with Gasteiger partial charge in [0.2, 0.25) is 5.91 Å². The summed E-state index contributed by atoms with van der Waals surface area (Å²) in [6.45, 7) is 10.5.